The molecular weight excluding hydrogens is 378 g/mol. The van der Waals surface area contributed by atoms with Crippen LogP contribution in [0.4, 0.5) is 23.0 Å². The average molecular weight is 406 g/mol. The number of carbonyl (C=O) groups is 1. The third kappa shape index (κ3) is 6.20. The fourth-order valence-electron chi connectivity index (χ4n) is 2.96. The van der Waals surface area contributed by atoms with Gasteiger partial charge in [-0.25, -0.2) is 9.97 Å². The summed E-state index contributed by atoms with van der Waals surface area (Å²) in [5, 5.41) is 9.39. The van der Waals surface area contributed by atoms with Crippen LogP contribution in [0.1, 0.15) is 24.7 Å². The fourth-order valence-corrected chi connectivity index (χ4v) is 2.96. The van der Waals surface area contributed by atoms with Crippen molar-refractivity contribution in [1.29, 1.82) is 0 Å². The number of hydrogen-bond donors (Lipinski definition) is 3. The van der Waals surface area contributed by atoms with Crippen LogP contribution in [0.5, 0.6) is 5.75 Å². The van der Waals surface area contributed by atoms with E-state index in [1.165, 1.54) is 0 Å². The molecule has 2 aromatic carbocycles. The highest BCUT2D eigenvalue weighted by atomic mass is 16.5. The van der Waals surface area contributed by atoms with E-state index >= 15 is 0 Å². The molecule has 3 rings (SSSR count). The second kappa shape index (κ2) is 10.2. The summed E-state index contributed by atoms with van der Waals surface area (Å²) in [5.41, 5.74) is 2.74. The summed E-state index contributed by atoms with van der Waals surface area (Å²) in [5.74, 6) is 2.99. The Morgan fingerprint density at radius 2 is 1.63 bits per heavy atom. The van der Waals surface area contributed by atoms with Gasteiger partial charge in [0.05, 0.1) is 7.11 Å². The number of aromatic nitrogens is 2. The number of benzene rings is 2. The van der Waals surface area contributed by atoms with Gasteiger partial charge < -0.3 is 20.7 Å². The smallest absolute Gasteiger partial charge is 0.224 e. The van der Waals surface area contributed by atoms with E-state index in [0.29, 0.717) is 18.7 Å². The predicted octanol–water partition coefficient (Wildman–Crippen LogP) is 4.54. The first-order valence-electron chi connectivity index (χ1n) is 9.95. The molecule has 30 heavy (non-hydrogen) atoms. The first kappa shape index (κ1) is 21.1. The molecule has 1 amide bonds. The molecule has 3 aromatic rings. The molecule has 7 heteroatoms. The zero-order chi connectivity index (χ0) is 21.3. The van der Waals surface area contributed by atoms with Gasteiger partial charge in [-0.1, -0.05) is 12.1 Å². The van der Waals surface area contributed by atoms with Gasteiger partial charge >= 0.3 is 0 Å². The van der Waals surface area contributed by atoms with Gasteiger partial charge in [0.25, 0.3) is 0 Å². The molecule has 0 radical (unpaired) electrons. The third-order valence-electron chi connectivity index (χ3n) is 4.44. The second-order valence-electron chi connectivity index (χ2n) is 6.81. The lowest BCUT2D eigenvalue weighted by molar-refractivity contribution is -0.116. The number of aryl methyl sites for hydroxylation is 2. The summed E-state index contributed by atoms with van der Waals surface area (Å²) in [6.45, 7) is 4.67. The molecule has 156 valence electrons. The summed E-state index contributed by atoms with van der Waals surface area (Å²) in [4.78, 5) is 21.0. The molecule has 1 heterocycles. The fraction of sp³-hybridized carbons (Fsp3) is 0.261. The normalized spacial score (nSPS) is 10.4. The average Bonchev–Trinajstić information content (AvgIpc) is 2.74. The number of ether oxygens (including phenoxy) is 1. The summed E-state index contributed by atoms with van der Waals surface area (Å²) < 4.78 is 5.15. The van der Waals surface area contributed by atoms with Crippen LogP contribution in [-0.2, 0) is 11.2 Å². The van der Waals surface area contributed by atoms with Crippen LogP contribution in [0.15, 0.2) is 54.6 Å². The highest BCUT2D eigenvalue weighted by Crippen LogP contribution is 2.20. The number of hydrogen-bond acceptors (Lipinski definition) is 6. The molecule has 0 fully saturated rings. The van der Waals surface area contributed by atoms with Crippen molar-refractivity contribution in [2.75, 3.05) is 29.6 Å². The molecular formula is C23H27N5O2. The van der Waals surface area contributed by atoms with Crippen LogP contribution < -0.4 is 20.7 Å². The maximum Gasteiger partial charge on any atom is 0.224 e. The van der Waals surface area contributed by atoms with E-state index in [1.54, 1.807) is 7.11 Å². The van der Waals surface area contributed by atoms with Crippen LogP contribution in [0.25, 0.3) is 0 Å². The van der Waals surface area contributed by atoms with Crippen LogP contribution >= 0.6 is 0 Å². The molecule has 7 nitrogen and oxygen atoms in total. The summed E-state index contributed by atoms with van der Waals surface area (Å²) in [6, 6.07) is 17.2. The van der Waals surface area contributed by atoms with E-state index < -0.39 is 0 Å². The molecule has 0 saturated heterocycles. The summed E-state index contributed by atoms with van der Waals surface area (Å²) >= 11 is 0. The highest BCUT2D eigenvalue weighted by Gasteiger charge is 2.05. The molecule has 0 atom stereocenters. The third-order valence-corrected chi connectivity index (χ3v) is 4.44. The lowest BCUT2D eigenvalue weighted by Gasteiger charge is -2.10. The molecule has 0 bridgehead atoms. The summed E-state index contributed by atoms with van der Waals surface area (Å²) in [7, 11) is 1.64. The van der Waals surface area contributed by atoms with Gasteiger partial charge in [-0.15, -0.1) is 0 Å². The zero-order valence-electron chi connectivity index (χ0n) is 17.5. The Morgan fingerprint density at radius 3 is 2.30 bits per heavy atom. The van der Waals surface area contributed by atoms with E-state index in [2.05, 4.69) is 25.9 Å². The minimum absolute atomic E-state index is 0.0202. The molecule has 0 aliphatic rings. The lowest BCUT2D eigenvalue weighted by Crippen LogP contribution is -2.12. The van der Waals surface area contributed by atoms with Crippen molar-refractivity contribution >= 4 is 28.9 Å². The van der Waals surface area contributed by atoms with Crippen LogP contribution in [0.3, 0.4) is 0 Å². The Kier molecular flexibility index (Phi) is 7.21. The SMILES string of the molecule is CCNc1cc(Nc2ccc(NC(=O)CCc3ccc(OC)cc3)cc2)nc(C)n1. The van der Waals surface area contributed by atoms with Gasteiger partial charge in [-0.3, -0.25) is 4.79 Å². The van der Waals surface area contributed by atoms with Crippen LogP contribution in [-0.4, -0.2) is 29.5 Å². The number of nitrogens with one attached hydrogen (secondary N) is 3. The van der Waals surface area contributed by atoms with Crippen molar-refractivity contribution in [3.63, 3.8) is 0 Å². The molecule has 0 unspecified atom stereocenters. The Hall–Kier alpha value is -3.61. The number of nitrogens with zero attached hydrogens (tertiary/aromatic N) is 2. The predicted molar refractivity (Wildman–Crippen MR) is 121 cm³/mol. The molecule has 0 saturated carbocycles. The maximum atomic E-state index is 12.2. The number of amides is 1. The standard InChI is InChI=1S/C23H27N5O2/c1-4-24-21-15-22(26-16(2)25-21)27-18-8-10-19(11-9-18)28-23(29)14-7-17-5-12-20(30-3)13-6-17/h5-6,8-13,15H,4,7,14H2,1-3H3,(H,28,29)(H2,24,25,26,27). The quantitative estimate of drug-likeness (QED) is 0.484. The summed E-state index contributed by atoms with van der Waals surface area (Å²) in [6.07, 6.45) is 1.09. The minimum Gasteiger partial charge on any atom is -0.497 e. The Balaban J connectivity index is 1.53. The van der Waals surface area contributed by atoms with E-state index in [9.17, 15) is 4.79 Å². The van der Waals surface area contributed by atoms with Gasteiger partial charge in [0.15, 0.2) is 0 Å². The monoisotopic (exact) mass is 405 g/mol. The van der Waals surface area contributed by atoms with E-state index in [0.717, 1.165) is 40.9 Å². The Morgan fingerprint density at radius 1 is 0.967 bits per heavy atom. The van der Waals surface area contributed by atoms with Gasteiger partial charge in [-0.2, -0.15) is 0 Å². The molecule has 0 aliphatic carbocycles. The van der Waals surface area contributed by atoms with Crippen molar-refractivity contribution in [2.45, 2.75) is 26.7 Å². The maximum absolute atomic E-state index is 12.2. The van der Waals surface area contributed by atoms with E-state index in [1.807, 2.05) is 68.4 Å². The van der Waals surface area contributed by atoms with Gasteiger partial charge in [-0.05, 0) is 62.2 Å². The van der Waals surface area contributed by atoms with Crippen molar-refractivity contribution in [3.8, 4) is 5.75 Å². The van der Waals surface area contributed by atoms with Gasteiger partial charge in [0.2, 0.25) is 5.91 Å². The van der Waals surface area contributed by atoms with Crippen molar-refractivity contribution in [3.05, 3.63) is 66.0 Å². The van der Waals surface area contributed by atoms with Crippen molar-refractivity contribution < 1.29 is 9.53 Å². The molecule has 0 spiro atoms. The zero-order valence-corrected chi connectivity index (χ0v) is 17.5. The van der Waals surface area contributed by atoms with E-state index in [4.69, 9.17) is 4.74 Å². The lowest BCUT2D eigenvalue weighted by atomic mass is 10.1. The first-order chi connectivity index (χ1) is 14.6. The molecule has 1 aromatic heterocycles. The number of methoxy groups -OCH3 is 1. The topological polar surface area (TPSA) is 88.2 Å². The van der Waals surface area contributed by atoms with E-state index in [-0.39, 0.29) is 5.91 Å². The molecule has 0 aliphatic heterocycles. The number of rotatable bonds is 9. The first-order valence-corrected chi connectivity index (χ1v) is 9.95. The highest BCUT2D eigenvalue weighted by molar-refractivity contribution is 5.91. The van der Waals surface area contributed by atoms with Crippen molar-refractivity contribution in [2.24, 2.45) is 0 Å². The number of carbonyl (C=O) groups excluding carboxylic acids is 1. The Labute approximate surface area is 176 Å². The Bertz CT molecular complexity index is 972. The largest absolute Gasteiger partial charge is 0.497 e. The van der Waals surface area contributed by atoms with Crippen LogP contribution in [0.2, 0.25) is 0 Å². The van der Waals surface area contributed by atoms with Gasteiger partial charge in [0.1, 0.15) is 23.2 Å². The van der Waals surface area contributed by atoms with Gasteiger partial charge in [0, 0.05) is 30.4 Å². The van der Waals surface area contributed by atoms with Crippen molar-refractivity contribution in [1.82, 2.24) is 9.97 Å². The molecule has 3 N–H and O–H groups in total. The number of anilines is 4. The van der Waals surface area contributed by atoms with Crippen LogP contribution in [0, 0.1) is 6.92 Å². The minimum atomic E-state index is -0.0202. The second-order valence-corrected chi connectivity index (χ2v) is 6.81.